The Morgan fingerprint density at radius 2 is 1.88 bits per heavy atom. The second kappa shape index (κ2) is 7.85. The Morgan fingerprint density at radius 1 is 1.20 bits per heavy atom. The summed E-state index contributed by atoms with van der Waals surface area (Å²) in [7, 11) is 0. The molecule has 3 atom stereocenters. The van der Waals surface area contributed by atoms with E-state index in [1.54, 1.807) is 12.1 Å². The van der Waals surface area contributed by atoms with Crippen molar-refractivity contribution in [2.24, 2.45) is 5.92 Å². The van der Waals surface area contributed by atoms with Crippen LogP contribution in [-0.2, 0) is 11.3 Å². The predicted octanol–water partition coefficient (Wildman–Crippen LogP) is 1.46. The molecule has 25 heavy (non-hydrogen) atoms. The van der Waals surface area contributed by atoms with Gasteiger partial charge in [-0.15, -0.1) is 0 Å². The summed E-state index contributed by atoms with van der Waals surface area (Å²) < 4.78 is 0. The fourth-order valence-corrected chi connectivity index (χ4v) is 3.98. The molecule has 1 aromatic carbocycles. The van der Waals surface area contributed by atoms with E-state index in [0.717, 1.165) is 18.4 Å². The maximum absolute atomic E-state index is 12.4. The van der Waals surface area contributed by atoms with Crippen LogP contribution in [0.4, 0.5) is 0 Å². The topological polar surface area (TPSA) is 82.3 Å². The van der Waals surface area contributed by atoms with Gasteiger partial charge in [0.2, 0.25) is 5.91 Å². The number of carbonyl (C=O) groups is 2. The molecule has 1 aromatic rings. The van der Waals surface area contributed by atoms with Gasteiger partial charge in [0.25, 0.3) is 5.91 Å². The number of benzene rings is 1. The summed E-state index contributed by atoms with van der Waals surface area (Å²) in [6.07, 6.45) is 2.15. The second-order valence-corrected chi connectivity index (χ2v) is 8.20. The van der Waals surface area contributed by atoms with Crippen LogP contribution in [0.5, 0.6) is 0 Å². The molecule has 0 spiro atoms. The number of amides is 2. The average molecular weight is 409 g/mol. The van der Waals surface area contributed by atoms with E-state index in [4.69, 9.17) is 0 Å². The maximum atomic E-state index is 12.4. The largest absolute Gasteiger partial charge is 0.351 e. The summed E-state index contributed by atoms with van der Waals surface area (Å²) >= 11 is 3.62. The van der Waals surface area contributed by atoms with Gasteiger partial charge in [0.05, 0.1) is 4.83 Å². The first-order chi connectivity index (χ1) is 12.0. The third-order valence-electron chi connectivity index (χ3n) is 4.66. The summed E-state index contributed by atoms with van der Waals surface area (Å²) in [5, 5.41) is 5.92. The molecule has 7 heteroatoms. The number of carbonyl (C=O) groups excluding carboxylic acids is 2. The summed E-state index contributed by atoms with van der Waals surface area (Å²) in [5.41, 5.74) is 7.86. The lowest BCUT2D eigenvalue weighted by atomic mass is 9.99. The molecule has 1 saturated heterocycles. The highest BCUT2D eigenvalue weighted by atomic mass is 79.9. The van der Waals surface area contributed by atoms with Crippen molar-refractivity contribution in [2.75, 3.05) is 0 Å². The van der Waals surface area contributed by atoms with Crippen molar-refractivity contribution in [3.05, 3.63) is 35.4 Å². The van der Waals surface area contributed by atoms with Crippen molar-refractivity contribution >= 4 is 27.7 Å². The van der Waals surface area contributed by atoms with Crippen LogP contribution in [0.2, 0.25) is 0 Å². The first-order valence-electron chi connectivity index (χ1n) is 8.78. The van der Waals surface area contributed by atoms with Gasteiger partial charge >= 0.3 is 0 Å². The first-order valence-corrected chi connectivity index (χ1v) is 9.70. The van der Waals surface area contributed by atoms with Gasteiger partial charge in [0.15, 0.2) is 0 Å². The first kappa shape index (κ1) is 18.4. The Bertz CT molecular complexity index is 630. The van der Waals surface area contributed by atoms with E-state index in [0.29, 0.717) is 24.1 Å². The van der Waals surface area contributed by atoms with Crippen molar-refractivity contribution < 1.29 is 9.59 Å². The van der Waals surface area contributed by atoms with E-state index in [9.17, 15) is 9.59 Å². The lowest BCUT2D eigenvalue weighted by Crippen LogP contribution is -2.45. The minimum atomic E-state index is -0.309. The molecule has 2 fully saturated rings. The Morgan fingerprint density at radius 3 is 2.44 bits per heavy atom. The number of halogens is 1. The summed E-state index contributed by atoms with van der Waals surface area (Å²) in [6, 6.07) is 7.62. The summed E-state index contributed by atoms with van der Waals surface area (Å²) in [5.74, 6) is 0.346. The number of hydrazine groups is 1. The zero-order chi connectivity index (χ0) is 18.0. The Kier molecular flexibility index (Phi) is 5.76. The summed E-state index contributed by atoms with van der Waals surface area (Å²) in [6.45, 7) is 4.68. The van der Waals surface area contributed by atoms with E-state index >= 15 is 0 Å². The lowest BCUT2D eigenvalue weighted by molar-refractivity contribution is -0.122. The smallest absolute Gasteiger partial charge is 0.251 e. The highest BCUT2D eigenvalue weighted by Gasteiger charge is 2.39. The van der Waals surface area contributed by atoms with E-state index in [2.05, 4.69) is 51.3 Å². The average Bonchev–Trinajstić information content (AvgIpc) is 3.32. The van der Waals surface area contributed by atoms with Gasteiger partial charge in [0, 0.05) is 24.2 Å². The molecule has 3 unspecified atom stereocenters. The van der Waals surface area contributed by atoms with Crippen molar-refractivity contribution in [1.82, 2.24) is 21.5 Å². The zero-order valence-electron chi connectivity index (χ0n) is 14.5. The molecule has 2 aliphatic rings. The predicted molar refractivity (Wildman–Crippen MR) is 100 cm³/mol. The molecular formula is C18H25BrN4O2. The SMILES string of the molecule is CC(C)C1NNC(C(=O)NCc2ccc(C(=O)NC3CC3)cc2)C1Br. The van der Waals surface area contributed by atoms with Gasteiger partial charge in [-0.2, -0.15) is 0 Å². The van der Waals surface area contributed by atoms with Crippen LogP contribution in [0.25, 0.3) is 0 Å². The van der Waals surface area contributed by atoms with Crippen LogP contribution < -0.4 is 21.5 Å². The van der Waals surface area contributed by atoms with Crippen LogP contribution in [0.15, 0.2) is 24.3 Å². The van der Waals surface area contributed by atoms with Crippen molar-refractivity contribution in [3.63, 3.8) is 0 Å². The van der Waals surface area contributed by atoms with Crippen molar-refractivity contribution in [2.45, 2.75) is 56.2 Å². The molecule has 6 nitrogen and oxygen atoms in total. The van der Waals surface area contributed by atoms with Crippen molar-refractivity contribution in [3.8, 4) is 0 Å². The minimum absolute atomic E-state index is 0.0267. The highest BCUT2D eigenvalue weighted by Crippen LogP contribution is 2.22. The highest BCUT2D eigenvalue weighted by molar-refractivity contribution is 9.09. The monoisotopic (exact) mass is 408 g/mol. The van der Waals surface area contributed by atoms with Gasteiger partial charge in [-0.05, 0) is 36.5 Å². The number of rotatable bonds is 6. The van der Waals surface area contributed by atoms with Crippen LogP contribution in [-0.4, -0.2) is 34.8 Å². The molecule has 0 bridgehead atoms. The molecule has 1 heterocycles. The van der Waals surface area contributed by atoms with Crippen LogP contribution in [0.3, 0.4) is 0 Å². The van der Waals surface area contributed by atoms with E-state index in [-0.39, 0.29) is 28.7 Å². The van der Waals surface area contributed by atoms with E-state index in [1.807, 2.05) is 12.1 Å². The normalized spacial score (nSPS) is 25.8. The molecule has 1 aliphatic carbocycles. The number of nitrogens with one attached hydrogen (secondary N) is 4. The van der Waals surface area contributed by atoms with Crippen LogP contribution >= 0.6 is 15.9 Å². The van der Waals surface area contributed by atoms with E-state index in [1.165, 1.54) is 0 Å². The fourth-order valence-electron chi connectivity index (χ4n) is 2.87. The molecule has 3 rings (SSSR count). The Labute approximate surface area is 156 Å². The minimum Gasteiger partial charge on any atom is -0.351 e. The fraction of sp³-hybridized carbons (Fsp3) is 0.556. The van der Waals surface area contributed by atoms with Crippen LogP contribution in [0.1, 0.15) is 42.6 Å². The number of alkyl halides is 1. The Hall–Kier alpha value is -1.44. The number of hydrogen-bond acceptors (Lipinski definition) is 4. The third kappa shape index (κ3) is 4.59. The molecule has 1 aliphatic heterocycles. The molecule has 1 saturated carbocycles. The Balaban J connectivity index is 1.49. The van der Waals surface area contributed by atoms with Gasteiger partial charge in [0.1, 0.15) is 6.04 Å². The maximum Gasteiger partial charge on any atom is 0.251 e. The van der Waals surface area contributed by atoms with Gasteiger partial charge in [-0.3, -0.25) is 15.0 Å². The standard InChI is InChI=1S/C18H25BrN4O2/c1-10(2)15-14(19)16(23-22-15)18(25)20-9-11-3-5-12(6-4-11)17(24)21-13-7-8-13/h3-6,10,13-16,22-23H,7-9H2,1-2H3,(H,20,25)(H,21,24). The number of hydrogen-bond donors (Lipinski definition) is 4. The van der Waals surface area contributed by atoms with Crippen molar-refractivity contribution in [1.29, 1.82) is 0 Å². The third-order valence-corrected chi connectivity index (χ3v) is 5.76. The molecular weight excluding hydrogens is 384 g/mol. The quantitative estimate of drug-likeness (QED) is 0.537. The van der Waals surface area contributed by atoms with Gasteiger partial charge in [-0.25, -0.2) is 5.43 Å². The molecule has 0 radical (unpaired) electrons. The molecule has 2 amide bonds. The van der Waals surface area contributed by atoms with Gasteiger partial charge in [-0.1, -0.05) is 41.9 Å². The molecule has 4 N–H and O–H groups in total. The molecule has 136 valence electrons. The lowest BCUT2D eigenvalue weighted by Gasteiger charge is -2.19. The summed E-state index contributed by atoms with van der Waals surface area (Å²) in [4.78, 5) is 24.4. The zero-order valence-corrected chi connectivity index (χ0v) is 16.1. The van der Waals surface area contributed by atoms with E-state index < -0.39 is 0 Å². The van der Waals surface area contributed by atoms with Gasteiger partial charge < -0.3 is 10.6 Å². The molecule has 0 aromatic heterocycles. The second-order valence-electron chi connectivity index (χ2n) is 7.14. The van der Waals surface area contributed by atoms with Crippen LogP contribution in [0, 0.1) is 5.92 Å².